The summed E-state index contributed by atoms with van der Waals surface area (Å²) in [6, 6.07) is 10.7. The second-order valence-electron chi connectivity index (χ2n) is 8.01. The minimum Gasteiger partial charge on any atom is -0.352 e. The largest absolute Gasteiger partial charge is 0.352 e. The molecule has 2 rings (SSSR count). The molecule has 2 amide bonds. The van der Waals surface area contributed by atoms with Gasteiger partial charge in [-0.3, -0.25) is 13.9 Å². The van der Waals surface area contributed by atoms with E-state index in [1.165, 1.54) is 23.1 Å². The minimum absolute atomic E-state index is 0.0664. The summed E-state index contributed by atoms with van der Waals surface area (Å²) in [6.07, 6.45) is 1.74. The maximum absolute atomic E-state index is 13.5. The van der Waals surface area contributed by atoms with Crippen LogP contribution >= 0.6 is 39.1 Å². The molecule has 0 saturated heterocycles. The van der Waals surface area contributed by atoms with Gasteiger partial charge in [0.1, 0.15) is 12.6 Å². The Morgan fingerprint density at radius 2 is 1.68 bits per heavy atom. The molecule has 0 radical (unpaired) electrons. The molecule has 1 N–H and O–H groups in total. The fourth-order valence-corrected chi connectivity index (χ4v) is 4.49. The van der Waals surface area contributed by atoms with Crippen molar-refractivity contribution >= 4 is 66.7 Å². The average Bonchev–Trinajstić information content (AvgIpc) is 2.77. The van der Waals surface area contributed by atoms with Gasteiger partial charge in [-0.25, -0.2) is 8.42 Å². The van der Waals surface area contributed by atoms with Gasteiger partial charge >= 0.3 is 0 Å². The highest BCUT2D eigenvalue weighted by molar-refractivity contribution is 9.10. The van der Waals surface area contributed by atoms with Crippen LogP contribution in [0.1, 0.15) is 32.8 Å². The first-order valence-electron chi connectivity index (χ1n) is 10.6. The molecule has 0 aliphatic carbocycles. The van der Waals surface area contributed by atoms with Crippen LogP contribution in [0.5, 0.6) is 0 Å². The summed E-state index contributed by atoms with van der Waals surface area (Å²) in [6.45, 7) is 5.07. The molecule has 0 aromatic heterocycles. The third-order valence-corrected chi connectivity index (χ3v) is 7.71. The van der Waals surface area contributed by atoms with Gasteiger partial charge in [-0.15, -0.1) is 0 Å². The number of anilines is 1. The average molecular weight is 593 g/mol. The number of amides is 2. The molecular weight excluding hydrogens is 565 g/mol. The molecule has 7 nitrogen and oxygen atoms in total. The van der Waals surface area contributed by atoms with Gasteiger partial charge in [0.2, 0.25) is 21.8 Å². The van der Waals surface area contributed by atoms with Gasteiger partial charge in [0.25, 0.3) is 0 Å². The van der Waals surface area contributed by atoms with Crippen LogP contribution in [0.3, 0.4) is 0 Å². The van der Waals surface area contributed by atoms with Crippen LogP contribution in [0.2, 0.25) is 10.0 Å². The lowest BCUT2D eigenvalue weighted by Crippen LogP contribution is -2.52. The molecule has 2 aromatic carbocycles. The monoisotopic (exact) mass is 591 g/mol. The minimum atomic E-state index is -3.85. The molecule has 0 heterocycles. The van der Waals surface area contributed by atoms with Crippen LogP contribution in [-0.2, 0) is 26.2 Å². The lowest BCUT2D eigenvalue weighted by Gasteiger charge is -2.32. The van der Waals surface area contributed by atoms with Crippen molar-refractivity contribution in [1.29, 1.82) is 0 Å². The number of hydrogen-bond donors (Lipinski definition) is 1. The fourth-order valence-electron chi connectivity index (χ4n) is 3.09. The van der Waals surface area contributed by atoms with Crippen molar-refractivity contribution in [2.24, 2.45) is 0 Å². The summed E-state index contributed by atoms with van der Waals surface area (Å²) in [4.78, 5) is 27.7. The fraction of sp³-hybridized carbons (Fsp3) is 0.391. The van der Waals surface area contributed by atoms with Gasteiger partial charge in [0.05, 0.1) is 22.0 Å². The molecule has 2 atom stereocenters. The van der Waals surface area contributed by atoms with Gasteiger partial charge in [0, 0.05) is 17.1 Å². The molecule has 0 aliphatic rings. The Morgan fingerprint density at radius 1 is 1.06 bits per heavy atom. The summed E-state index contributed by atoms with van der Waals surface area (Å²) >= 11 is 15.4. The second kappa shape index (κ2) is 12.2. The normalized spacial score (nSPS) is 13.1. The van der Waals surface area contributed by atoms with E-state index in [9.17, 15) is 18.0 Å². The van der Waals surface area contributed by atoms with E-state index in [0.717, 1.165) is 27.0 Å². The zero-order valence-corrected chi connectivity index (χ0v) is 23.3. The van der Waals surface area contributed by atoms with E-state index in [4.69, 9.17) is 23.2 Å². The van der Waals surface area contributed by atoms with Crippen molar-refractivity contribution in [2.45, 2.75) is 45.8 Å². The topological polar surface area (TPSA) is 86.8 Å². The number of nitrogens with one attached hydrogen (secondary N) is 1. The molecular formula is C23H28BrCl2N3O4S. The second-order valence-corrected chi connectivity index (χ2v) is 11.6. The molecule has 0 saturated carbocycles. The Morgan fingerprint density at radius 3 is 2.21 bits per heavy atom. The van der Waals surface area contributed by atoms with E-state index in [0.29, 0.717) is 0 Å². The Bertz CT molecular complexity index is 1130. The SMILES string of the molecule is CC[C@@H](C)NC(=O)[C@H](C)N(Cc1ccc(Br)cc1)C(=O)CN(c1ccc(Cl)c(Cl)c1)S(C)(=O)=O. The number of halogens is 3. The lowest BCUT2D eigenvalue weighted by molar-refractivity contribution is -0.139. The van der Waals surface area contributed by atoms with Crippen LogP contribution in [-0.4, -0.2) is 50.0 Å². The quantitative estimate of drug-likeness (QED) is 0.427. The highest BCUT2D eigenvalue weighted by atomic mass is 79.9. The van der Waals surface area contributed by atoms with Crippen LogP contribution < -0.4 is 9.62 Å². The summed E-state index contributed by atoms with van der Waals surface area (Å²) in [5.41, 5.74) is 0.991. The molecule has 0 bridgehead atoms. The number of rotatable bonds is 10. The van der Waals surface area contributed by atoms with Gasteiger partial charge in [0.15, 0.2) is 0 Å². The van der Waals surface area contributed by atoms with Crippen molar-refractivity contribution in [3.8, 4) is 0 Å². The van der Waals surface area contributed by atoms with E-state index >= 15 is 0 Å². The Kier molecular flexibility index (Phi) is 10.2. The summed E-state index contributed by atoms with van der Waals surface area (Å²) in [5.74, 6) is -0.855. The smallest absolute Gasteiger partial charge is 0.244 e. The molecule has 0 aliphatic heterocycles. The van der Waals surface area contributed by atoms with Crippen LogP contribution in [0.25, 0.3) is 0 Å². The van der Waals surface area contributed by atoms with E-state index in [-0.39, 0.29) is 34.2 Å². The van der Waals surface area contributed by atoms with Crippen molar-refractivity contribution in [2.75, 3.05) is 17.1 Å². The van der Waals surface area contributed by atoms with Crippen molar-refractivity contribution < 1.29 is 18.0 Å². The Balaban J connectivity index is 2.39. The first-order chi connectivity index (χ1) is 15.8. The summed E-state index contributed by atoms with van der Waals surface area (Å²) < 4.78 is 27.0. The van der Waals surface area contributed by atoms with Gasteiger partial charge < -0.3 is 10.2 Å². The molecule has 186 valence electrons. The van der Waals surface area contributed by atoms with Crippen molar-refractivity contribution in [1.82, 2.24) is 10.2 Å². The Labute approximate surface area is 219 Å². The highest BCUT2D eigenvalue weighted by Gasteiger charge is 2.30. The van der Waals surface area contributed by atoms with Crippen molar-refractivity contribution in [3.05, 3.63) is 62.5 Å². The number of benzene rings is 2. The molecule has 0 spiro atoms. The summed E-state index contributed by atoms with van der Waals surface area (Å²) in [5, 5.41) is 3.31. The van der Waals surface area contributed by atoms with Crippen LogP contribution in [0, 0.1) is 0 Å². The molecule has 34 heavy (non-hydrogen) atoms. The maximum Gasteiger partial charge on any atom is 0.244 e. The number of carbonyl (C=O) groups is 2. The van der Waals surface area contributed by atoms with Gasteiger partial charge in [-0.05, 0) is 56.2 Å². The highest BCUT2D eigenvalue weighted by Crippen LogP contribution is 2.28. The number of hydrogen-bond acceptors (Lipinski definition) is 4. The standard InChI is InChI=1S/C23H28BrCl2N3O4S/c1-5-15(2)27-23(31)16(3)28(13-17-6-8-18(24)9-7-17)22(30)14-29(34(4,32)33)19-10-11-20(25)21(26)12-19/h6-12,15-16H,5,13-14H2,1-4H3,(H,27,31)/t15-,16+/m1/s1. The predicted molar refractivity (Wildman–Crippen MR) is 141 cm³/mol. The lowest BCUT2D eigenvalue weighted by atomic mass is 10.1. The number of nitrogens with zero attached hydrogens (tertiary/aromatic N) is 2. The van der Waals surface area contributed by atoms with E-state index in [1.54, 1.807) is 6.92 Å². The third-order valence-electron chi connectivity index (χ3n) is 5.30. The predicted octanol–water partition coefficient (Wildman–Crippen LogP) is 4.85. The molecule has 0 fully saturated rings. The zero-order valence-electron chi connectivity index (χ0n) is 19.4. The van der Waals surface area contributed by atoms with Crippen LogP contribution in [0.15, 0.2) is 46.9 Å². The van der Waals surface area contributed by atoms with E-state index in [1.807, 2.05) is 38.1 Å². The number of sulfonamides is 1. The summed E-state index contributed by atoms with van der Waals surface area (Å²) in [7, 11) is -3.85. The van der Waals surface area contributed by atoms with E-state index < -0.39 is 28.5 Å². The van der Waals surface area contributed by atoms with Crippen LogP contribution in [0.4, 0.5) is 5.69 Å². The number of carbonyl (C=O) groups excluding carboxylic acids is 2. The molecule has 11 heteroatoms. The molecule has 2 aromatic rings. The third kappa shape index (κ3) is 7.86. The molecule has 0 unspecified atom stereocenters. The first-order valence-corrected chi connectivity index (χ1v) is 14.0. The maximum atomic E-state index is 13.5. The van der Waals surface area contributed by atoms with E-state index in [2.05, 4.69) is 21.2 Å². The Hall–Kier alpha value is -1.81. The zero-order chi connectivity index (χ0) is 25.6. The van der Waals surface area contributed by atoms with Gasteiger partial charge in [-0.2, -0.15) is 0 Å². The first kappa shape index (κ1) is 28.4. The van der Waals surface area contributed by atoms with Gasteiger partial charge in [-0.1, -0.05) is 58.2 Å². The van der Waals surface area contributed by atoms with Crippen molar-refractivity contribution in [3.63, 3.8) is 0 Å².